The number of anilines is 3. The van der Waals surface area contributed by atoms with Crippen molar-refractivity contribution in [3.05, 3.63) is 107 Å². The normalized spacial score (nSPS) is 21.4. The molecule has 8 nitrogen and oxygen atoms in total. The molecule has 3 atom stereocenters. The number of allylic oxidation sites excluding steroid dienone is 2. The number of nitrogens with zero attached hydrogens (tertiary/aromatic N) is 4. The summed E-state index contributed by atoms with van der Waals surface area (Å²) < 4.78 is 14.0. The molecule has 2 N–H and O–H groups in total. The number of nitrogens with one attached hydrogen (secondary N) is 1. The summed E-state index contributed by atoms with van der Waals surface area (Å²) >= 11 is 0. The van der Waals surface area contributed by atoms with Gasteiger partial charge in [-0.1, -0.05) is 13.0 Å². The van der Waals surface area contributed by atoms with Gasteiger partial charge in [0.2, 0.25) is 0 Å². The number of aliphatic hydroxyl groups excluding tert-OH is 1. The molecule has 0 bridgehead atoms. The minimum atomic E-state index is -0.679. The van der Waals surface area contributed by atoms with Crippen molar-refractivity contribution in [2.24, 2.45) is 5.92 Å². The van der Waals surface area contributed by atoms with Crippen molar-refractivity contribution in [1.29, 1.82) is 0 Å². The lowest BCUT2D eigenvalue weighted by Crippen LogP contribution is -2.42. The first-order valence-electron chi connectivity index (χ1n) is 14.9. The van der Waals surface area contributed by atoms with Crippen molar-refractivity contribution in [2.45, 2.75) is 45.4 Å². The average molecular weight is 582 g/mol. The molecule has 1 fully saturated rings. The van der Waals surface area contributed by atoms with Gasteiger partial charge in [0.1, 0.15) is 12.0 Å². The van der Waals surface area contributed by atoms with Crippen molar-refractivity contribution >= 4 is 28.9 Å². The van der Waals surface area contributed by atoms with Crippen molar-refractivity contribution < 1.29 is 19.1 Å². The molecule has 43 heavy (non-hydrogen) atoms. The van der Waals surface area contributed by atoms with E-state index in [1.807, 2.05) is 24.0 Å². The van der Waals surface area contributed by atoms with Crippen molar-refractivity contribution in [3.63, 3.8) is 0 Å². The Morgan fingerprint density at radius 1 is 1.09 bits per heavy atom. The molecule has 6 rings (SSSR count). The number of carbonyl (C=O) groups excluding carboxylic acids is 2. The Hall–Kier alpha value is -4.50. The van der Waals surface area contributed by atoms with E-state index in [4.69, 9.17) is 0 Å². The van der Waals surface area contributed by atoms with E-state index >= 15 is 0 Å². The summed E-state index contributed by atoms with van der Waals surface area (Å²) in [6.45, 7) is 6.03. The molecule has 3 aromatic rings. The van der Waals surface area contributed by atoms with E-state index in [-0.39, 0.29) is 29.6 Å². The highest BCUT2D eigenvalue weighted by atomic mass is 19.1. The second-order valence-corrected chi connectivity index (χ2v) is 11.4. The number of carbonyl (C=O) groups is 2. The number of benzene rings is 2. The highest BCUT2D eigenvalue weighted by molar-refractivity contribution is 6.10. The fourth-order valence-corrected chi connectivity index (χ4v) is 6.38. The summed E-state index contributed by atoms with van der Waals surface area (Å²) in [5.74, 6) is -0.685. The monoisotopic (exact) mass is 581 g/mol. The lowest BCUT2D eigenvalue weighted by molar-refractivity contribution is 0.0636. The van der Waals surface area contributed by atoms with Gasteiger partial charge in [0.05, 0.1) is 16.9 Å². The lowest BCUT2D eigenvalue weighted by Gasteiger charge is -2.35. The van der Waals surface area contributed by atoms with Gasteiger partial charge in [0, 0.05) is 60.9 Å². The molecule has 0 radical (unpaired) electrons. The maximum atomic E-state index is 14.1. The van der Waals surface area contributed by atoms with Crippen LogP contribution in [0.1, 0.15) is 53.0 Å². The van der Waals surface area contributed by atoms with Crippen LogP contribution in [-0.2, 0) is 6.42 Å². The SMILES string of the molecule is CCC1CN(c2ccc(C(=O)N3c4ccc(F)cc4CCC3C)cc2NC(=O)c2cccnc2)CCN2C1=CC=CC2O. The Bertz CT molecular complexity index is 1590. The first-order chi connectivity index (χ1) is 20.8. The van der Waals surface area contributed by atoms with Crippen LogP contribution in [0.25, 0.3) is 0 Å². The van der Waals surface area contributed by atoms with Gasteiger partial charge in [-0.25, -0.2) is 4.39 Å². The molecule has 4 heterocycles. The number of aromatic nitrogens is 1. The molecule has 9 heteroatoms. The summed E-state index contributed by atoms with van der Waals surface area (Å²) in [7, 11) is 0. The first-order valence-corrected chi connectivity index (χ1v) is 14.9. The van der Waals surface area contributed by atoms with Crippen molar-refractivity contribution in [2.75, 3.05) is 34.8 Å². The maximum absolute atomic E-state index is 14.1. The molecular weight excluding hydrogens is 545 g/mol. The standard InChI is InChI=1S/C34H36FN5O3/c1-3-23-21-38(16-17-39-29(23)7-4-8-32(39)41)31-13-11-25(19-28(31)37-33(42)26-6-5-15-36-20-26)34(43)40-22(2)9-10-24-18-27(35)12-14-30(24)40/h4-8,11-15,18-20,22-23,32,41H,3,9-10,16-17,21H2,1-2H3,(H,37,42). The fraction of sp³-hybridized carbons (Fsp3) is 0.324. The Morgan fingerprint density at radius 2 is 1.93 bits per heavy atom. The minimum absolute atomic E-state index is 0.0693. The third-order valence-corrected chi connectivity index (χ3v) is 8.71. The highest BCUT2D eigenvalue weighted by Gasteiger charge is 2.33. The molecule has 222 valence electrons. The first kappa shape index (κ1) is 28.6. The zero-order valence-corrected chi connectivity index (χ0v) is 24.4. The summed E-state index contributed by atoms with van der Waals surface area (Å²) in [5.41, 5.74) is 4.77. The van der Waals surface area contributed by atoms with Gasteiger partial charge in [-0.2, -0.15) is 0 Å². The predicted octanol–water partition coefficient (Wildman–Crippen LogP) is 5.37. The van der Waals surface area contributed by atoms with Crippen LogP contribution in [0.3, 0.4) is 0 Å². The van der Waals surface area contributed by atoms with Crippen molar-refractivity contribution in [1.82, 2.24) is 9.88 Å². The second-order valence-electron chi connectivity index (χ2n) is 11.4. The second kappa shape index (κ2) is 12.0. The number of amides is 2. The summed E-state index contributed by atoms with van der Waals surface area (Å²) in [6, 6.07) is 13.3. The summed E-state index contributed by atoms with van der Waals surface area (Å²) in [5, 5.41) is 13.7. The molecule has 1 saturated heterocycles. The molecule has 3 aliphatic rings. The van der Waals surface area contributed by atoms with E-state index in [0.29, 0.717) is 48.6 Å². The lowest BCUT2D eigenvalue weighted by atomic mass is 9.95. The number of aliphatic hydroxyl groups is 1. The van der Waals surface area contributed by atoms with E-state index in [0.717, 1.165) is 29.8 Å². The Balaban J connectivity index is 1.37. The fourth-order valence-electron chi connectivity index (χ4n) is 6.38. The number of hydrogen-bond donors (Lipinski definition) is 2. The molecule has 2 amide bonds. The van der Waals surface area contributed by atoms with E-state index in [9.17, 15) is 19.1 Å². The summed E-state index contributed by atoms with van der Waals surface area (Å²) in [6.07, 6.45) is 10.5. The van der Waals surface area contributed by atoms with Crippen LogP contribution < -0.4 is 15.1 Å². The van der Waals surface area contributed by atoms with Gasteiger partial charge >= 0.3 is 0 Å². The molecule has 2 aromatic carbocycles. The van der Waals surface area contributed by atoms with Crippen LogP contribution in [0.2, 0.25) is 0 Å². The number of pyridine rings is 1. The quantitative estimate of drug-likeness (QED) is 0.421. The molecule has 3 aliphatic heterocycles. The molecule has 0 saturated carbocycles. The Kier molecular flexibility index (Phi) is 7.99. The number of rotatable bonds is 5. The Morgan fingerprint density at radius 3 is 2.72 bits per heavy atom. The molecule has 0 spiro atoms. The van der Waals surface area contributed by atoms with Gasteiger partial charge in [-0.15, -0.1) is 0 Å². The van der Waals surface area contributed by atoms with Gasteiger partial charge in [0.15, 0.2) is 0 Å². The number of aryl methyl sites for hydroxylation is 1. The van der Waals surface area contributed by atoms with E-state index in [1.54, 1.807) is 47.5 Å². The van der Waals surface area contributed by atoms with Gasteiger partial charge in [-0.3, -0.25) is 14.6 Å². The van der Waals surface area contributed by atoms with Crippen molar-refractivity contribution in [3.8, 4) is 0 Å². The van der Waals surface area contributed by atoms with Crippen LogP contribution >= 0.6 is 0 Å². The van der Waals surface area contributed by atoms with E-state index in [1.165, 1.54) is 18.3 Å². The smallest absolute Gasteiger partial charge is 0.258 e. The molecule has 0 aliphatic carbocycles. The average Bonchev–Trinajstić information content (AvgIpc) is 3.21. The van der Waals surface area contributed by atoms with E-state index < -0.39 is 6.23 Å². The number of halogens is 1. The summed E-state index contributed by atoms with van der Waals surface area (Å²) in [4.78, 5) is 37.5. The third kappa shape index (κ3) is 5.64. The topological polar surface area (TPSA) is 89.0 Å². The van der Waals surface area contributed by atoms with Crippen LogP contribution in [0.5, 0.6) is 0 Å². The van der Waals surface area contributed by atoms with Gasteiger partial charge in [-0.05, 0) is 92.4 Å². The van der Waals surface area contributed by atoms with E-state index in [2.05, 4.69) is 28.2 Å². The van der Waals surface area contributed by atoms with Gasteiger partial charge < -0.3 is 25.1 Å². The van der Waals surface area contributed by atoms with Crippen LogP contribution in [-0.4, -0.2) is 58.7 Å². The zero-order valence-electron chi connectivity index (χ0n) is 24.4. The highest BCUT2D eigenvalue weighted by Crippen LogP contribution is 2.36. The maximum Gasteiger partial charge on any atom is 0.258 e. The molecular formula is C34H36FN5O3. The minimum Gasteiger partial charge on any atom is -0.370 e. The number of fused-ring (bicyclic) bond motifs is 2. The van der Waals surface area contributed by atoms with Crippen LogP contribution in [0.15, 0.2) is 84.8 Å². The zero-order chi connectivity index (χ0) is 30.1. The van der Waals surface area contributed by atoms with Gasteiger partial charge in [0.25, 0.3) is 11.8 Å². The predicted molar refractivity (Wildman–Crippen MR) is 166 cm³/mol. The molecule has 3 unspecified atom stereocenters. The van der Waals surface area contributed by atoms with Crippen LogP contribution in [0, 0.1) is 11.7 Å². The third-order valence-electron chi connectivity index (χ3n) is 8.71. The van der Waals surface area contributed by atoms with Crippen LogP contribution in [0.4, 0.5) is 21.5 Å². The number of hydrogen-bond acceptors (Lipinski definition) is 6. The Labute approximate surface area is 251 Å². The molecule has 1 aromatic heterocycles. The largest absolute Gasteiger partial charge is 0.370 e.